The number of rotatable bonds is 3. The van der Waals surface area contributed by atoms with Crippen LogP contribution < -0.4 is 10.2 Å². The Balaban J connectivity index is 2.31. The van der Waals surface area contributed by atoms with Crippen LogP contribution in [0.15, 0.2) is 18.2 Å². The number of hydrogen-bond donors (Lipinski definition) is 1. The van der Waals surface area contributed by atoms with Gasteiger partial charge in [-0.2, -0.15) is 0 Å². The number of morpholine rings is 1. The first-order valence-electron chi connectivity index (χ1n) is 6.44. The summed E-state index contributed by atoms with van der Waals surface area (Å²) in [7, 11) is 1.32. The highest BCUT2D eigenvalue weighted by Crippen LogP contribution is 2.25. The molecule has 0 aliphatic carbocycles. The summed E-state index contributed by atoms with van der Waals surface area (Å²) >= 11 is 0. The Morgan fingerprint density at radius 2 is 2.00 bits per heavy atom. The summed E-state index contributed by atoms with van der Waals surface area (Å²) in [6, 6.07) is 5.34. The predicted octanol–water partition coefficient (Wildman–Crippen LogP) is 1.27. The molecule has 1 saturated heterocycles. The predicted molar refractivity (Wildman–Crippen MR) is 75.1 cm³/mol. The number of anilines is 2. The number of carbonyl (C=O) groups is 2. The fourth-order valence-electron chi connectivity index (χ4n) is 2.13. The molecule has 1 aliphatic rings. The molecule has 1 fully saturated rings. The summed E-state index contributed by atoms with van der Waals surface area (Å²) < 4.78 is 10.1. The zero-order valence-corrected chi connectivity index (χ0v) is 11.6. The third-order valence-corrected chi connectivity index (χ3v) is 3.10. The Bertz CT molecular complexity index is 510. The van der Waals surface area contributed by atoms with E-state index in [4.69, 9.17) is 9.47 Å². The Hall–Kier alpha value is -2.08. The molecule has 1 aromatic rings. The number of nitrogens with zero attached hydrogens (tertiary/aromatic N) is 1. The van der Waals surface area contributed by atoms with Crippen LogP contribution in [0.25, 0.3) is 0 Å². The lowest BCUT2D eigenvalue weighted by molar-refractivity contribution is -0.114. The van der Waals surface area contributed by atoms with Gasteiger partial charge < -0.3 is 19.7 Å². The quantitative estimate of drug-likeness (QED) is 0.843. The van der Waals surface area contributed by atoms with Crippen molar-refractivity contribution in [1.82, 2.24) is 0 Å². The van der Waals surface area contributed by atoms with E-state index in [2.05, 4.69) is 10.2 Å². The van der Waals surface area contributed by atoms with E-state index in [1.807, 2.05) is 6.07 Å². The Morgan fingerprint density at radius 1 is 1.30 bits per heavy atom. The van der Waals surface area contributed by atoms with E-state index in [0.717, 1.165) is 18.8 Å². The molecule has 20 heavy (non-hydrogen) atoms. The summed E-state index contributed by atoms with van der Waals surface area (Å²) in [6.07, 6.45) is 0. The van der Waals surface area contributed by atoms with Crippen LogP contribution in [-0.4, -0.2) is 45.3 Å². The van der Waals surface area contributed by atoms with Gasteiger partial charge in [-0.3, -0.25) is 4.79 Å². The molecule has 108 valence electrons. The molecule has 0 saturated carbocycles. The van der Waals surface area contributed by atoms with Crippen LogP contribution in [0.3, 0.4) is 0 Å². The summed E-state index contributed by atoms with van der Waals surface area (Å²) in [5.74, 6) is -0.696. The fraction of sp³-hybridized carbons (Fsp3) is 0.429. The van der Waals surface area contributed by atoms with Crippen molar-refractivity contribution < 1.29 is 19.1 Å². The maximum Gasteiger partial charge on any atom is 0.340 e. The molecule has 0 radical (unpaired) electrons. The average molecular weight is 278 g/mol. The van der Waals surface area contributed by atoms with Crippen LogP contribution in [0.4, 0.5) is 11.4 Å². The lowest BCUT2D eigenvalue weighted by atomic mass is 10.1. The number of carbonyl (C=O) groups excluding carboxylic acids is 2. The number of ether oxygens (including phenoxy) is 2. The van der Waals surface area contributed by atoms with Crippen molar-refractivity contribution in [3.05, 3.63) is 23.8 Å². The van der Waals surface area contributed by atoms with E-state index in [-0.39, 0.29) is 5.91 Å². The van der Waals surface area contributed by atoms with E-state index < -0.39 is 5.97 Å². The van der Waals surface area contributed by atoms with E-state index in [1.54, 1.807) is 12.1 Å². The first-order valence-corrected chi connectivity index (χ1v) is 6.44. The monoisotopic (exact) mass is 278 g/mol. The van der Waals surface area contributed by atoms with Gasteiger partial charge in [0.25, 0.3) is 0 Å². The molecule has 1 heterocycles. The van der Waals surface area contributed by atoms with E-state index in [9.17, 15) is 9.59 Å². The maximum atomic E-state index is 11.8. The molecule has 1 aliphatic heterocycles. The molecular formula is C14H18N2O4. The van der Waals surface area contributed by atoms with Gasteiger partial charge in [-0.15, -0.1) is 0 Å². The minimum absolute atomic E-state index is 0.228. The number of nitrogens with one attached hydrogen (secondary N) is 1. The molecule has 0 spiro atoms. The minimum Gasteiger partial charge on any atom is -0.465 e. The van der Waals surface area contributed by atoms with Gasteiger partial charge in [0.1, 0.15) is 0 Å². The van der Waals surface area contributed by atoms with Crippen molar-refractivity contribution in [3.8, 4) is 0 Å². The Morgan fingerprint density at radius 3 is 2.60 bits per heavy atom. The summed E-state index contributed by atoms with van der Waals surface area (Å²) in [6.45, 7) is 4.29. The second-order valence-corrected chi connectivity index (χ2v) is 4.50. The number of hydrogen-bond acceptors (Lipinski definition) is 5. The lowest BCUT2D eigenvalue weighted by Gasteiger charge is -2.29. The van der Waals surface area contributed by atoms with Gasteiger partial charge in [0.15, 0.2) is 0 Å². The third kappa shape index (κ3) is 3.27. The SMILES string of the molecule is COC(=O)c1cc(N2CCOCC2)ccc1NC(C)=O. The van der Waals surface area contributed by atoms with Crippen LogP contribution in [0.1, 0.15) is 17.3 Å². The van der Waals surface area contributed by atoms with Crippen LogP contribution in [-0.2, 0) is 14.3 Å². The first-order chi connectivity index (χ1) is 9.61. The van der Waals surface area contributed by atoms with Crippen LogP contribution >= 0.6 is 0 Å². The van der Waals surface area contributed by atoms with Gasteiger partial charge in [-0.1, -0.05) is 0 Å². The smallest absolute Gasteiger partial charge is 0.340 e. The van der Waals surface area contributed by atoms with Crippen molar-refractivity contribution in [2.75, 3.05) is 43.6 Å². The molecule has 0 bridgehead atoms. The molecule has 6 nitrogen and oxygen atoms in total. The molecule has 0 aromatic heterocycles. The topological polar surface area (TPSA) is 67.9 Å². The number of esters is 1. The third-order valence-electron chi connectivity index (χ3n) is 3.10. The van der Waals surface area contributed by atoms with Gasteiger partial charge in [0, 0.05) is 25.7 Å². The molecule has 0 unspecified atom stereocenters. The van der Waals surface area contributed by atoms with Crippen LogP contribution in [0.2, 0.25) is 0 Å². The maximum absolute atomic E-state index is 11.8. The standard InChI is InChI=1S/C14H18N2O4/c1-10(17)15-13-4-3-11(9-12(13)14(18)19-2)16-5-7-20-8-6-16/h3-4,9H,5-8H2,1-2H3,(H,15,17). The van der Waals surface area contributed by atoms with Crippen molar-refractivity contribution in [2.45, 2.75) is 6.92 Å². The molecule has 1 N–H and O–H groups in total. The van der Waals surface area contributed by atoms with Gasteiger partial charge >= 0.3 is 5.97 Å². The highest BCUT2D eigenvalue weighted by Gasteiger charge is 2.17. The van der Waals surface area contributed by atoms with Crippen LogP contribution in [0.5, 0.6) is 0 Å². The number of benzene rings is 1. The number of amides is 1. The first kappa shape index (κ1) is 14.3. The van der Waals surface area contributed by atoms with Crippen molar-refractivity contribution in [1.29, 1.82) is 0 Å². The highest BCUT2D eigenvalue weighted by atomic mass is 16.5. The normalized spacial score (nSPS) is 14.8. The van der Waals surface area contributed by atoms with Crippen LogP contribution in [0, 0.1) is 0 Å². The highest BCUT2D eigenvalue weighted by molar-refractivity contribution is 6.01. The Labute approximate surface area is 117 Å². The second kappa shape index (κ2) is 6.38. The van der Waals surface area contributed by atoms with Gasteiger partial charge in [-0.05, 0) is 18.2 Å². The zero-order valence-electron chi connectivity index (χ0n) is 11.6. The molecule has 1 amide bonds. The van der Waals surface area contributed by atoms with Crippen molar-refractivity contribution in [2.24, 2.45) is 0 Å². The second-order valence-electron chi connectivity index (χ2n) is 4.50. The molecule has 1 aromatic carbocycles. The average Bonchev–Trinajstić information content (AvgIpc) is 2.47. The van der Waals surface area contributed by atoms with Crippen molar-refractivity contribution in [3.63, 3.8) is 0 Å². The molecule has 0 atom stereocenters. The van der Waals surface area contributed by atoms with Gasteiger partial charge in [-0.25, -0.2) is 4.79 Å². The van der Waals surface area contributed by atoms with E-state index in [0.29, 0.717) is 24.5 Å². The summed E-state index contributed by atoms with van der Waals surface area (Å²) in [5, 5.41) is 2.64. The minimum atomic E-state index is -0.469. The van der Waals surface area contributed by atoms with E-state index in [1.165, 1.54) is 14.0 Å². The fourth-order valence-corrected chi connectivity index (χ4v) is 2.13. The number of methoxy groups -OCH3 is 1. The zero-order chi connectivity index (χ0) is 14.5. The van der Waals surface area contributed by atoms with Crippen molar-refractivity contribution >= 4 is 23.3 Å². The molecule has 6 heteroatoms. The molecular weight excluding hydrogens is 260 g/mol. The summed E-state index contributed by atoms with van der Waals surface area (Å²) in [4.78, 5) is 25.1. The largest absolute Gasteiger partial charge is 0.465 e. The summed E-state index contributed by atoms with van der Waals surface area (Å²) in [5.41, 5.74) is 1.73. The molecule has 2 rings (SSSR count). The van der Waals surface area contributed by atoms with Gasteiger partial charge in [0.05, 0.1) is 31.6 Å². The van der Waals surface area contributed by atoms with Gasteiger partial charge in [0.2, 0.25) is 5.91 Å². The van der Waals surface area contributed by atoms with E-state index >= 15 is 0 Å². The lowest BCUT2D eigenvalue weighted by Crippen LogP contribution is -2.36. The Kier molecular flexibility index (Phi) is 4.57.